The molecule has 0 spiro atoms. The lowest BCUT2D eigenvalue weighted by Crippen LogP contribution is -2.38. The van der Waals surface area contributed by atoms with Crippen molar-refractivity contribution in [3.8, 4) is 0 Å². The van der Waals surface area contributed by atoms with Crippen molar-refractivity contribution in [2.45, 2.75) is 18.9 Å². The quantitative estimate of drug-likeness (QED) is 0.656. The number of hydrazine groups is 1. The van der Waals surface area contributed by atoms with Crippen molar-refractivity contribution in [1.29, 1.82) is 0 Å². The minimum absolute atomic E-state index is 0.238. The van der Waals surface area contributed by atoms with Crippen LogP contribution in [0.3, 0.4) is 0 Å². The van der Waals surface area contributed by atoms with Gasteiger partial charge in [-0.3, -0.25) is 11.3 Å². The third-order valence-electron chi connectivity index (χ3n) is 3.18. The van der Waals surface area contributed by atoms with Crippen LogP contribution >= 0.6 is 11.6 Å². The van der Waals surface area contributed by atoms with Crippen molar-refractivity contribution in [2.75, 3.05) is 0 Å². The van der Waals surface area contributed by atoms with E-state index < -0.39 is 17.5 Å². The monoisotopic (exact) mass is 314 g/mol. The Bertz CT molecular complexity index is 634. The normalized spacial score (nSPS) is 12.4. The smallest absolute Gasteiger partial charge is 0.159 e. The minimum Gasteiger partial charge on any atom is -0.271 e. The maximum absolute atomic E-state index is 13.2. The van der Waals surface area contributed by atoms with Crippen molar-refractivity contribution in [3.05, 3.63) is 70.0 Å². The molecule has 0 aromatic heterocycles. The molecule has 3 N–H and O–H groups in total. The second-order valence-corrected chi connectivity index (χ2v) is 5.16. The van der Waals surface area contributed by atoms with Crippen LogP contribution in [0, 0.1) is 17.5 Å². The van der Waals surface area contributed by atoms with E-state index in [2.05, 4.69) is 5.43 Å². The summed E-state index contributed by atoms with van der Waals surface area (Å²) >= 11 is 5.96. The molecular formula is C15H14ClF3N2. The summed E-state index contributed by atoms with van der Waals surface area (Å²) in [5, 5.41) is 0.306. The molecule has 0 heterocycles. The van der Waals surface area contributed by atoms with Gasteiger partial charge in [-0.2, -0.15) is 0 Å². The van der Waals surface area contributed by atoms with E-state index in [0.717, 1.165) is 17.7 Å². The van der Waals surface area contributed by atoms with Gasteiger partial charge in [0.15, 0.2) is 11.6 Å². The van der Waals surface area contributed by atoms with Crippen molar-refractivity contribution in [2.24, 2.45) is 5.84 Å². The average molecular weight is 315 g/mol. The van der Waals surface area contributed by atoms with E-state index in [1.165, 1.54) is 18.2 Å². The zero-order chi connectivity index (χ0) is 15.4. The van der Waals surface area contributed by atoms with Gasteiger partial charge in [-0.1, -0.05) is 23.7 Å². The summed E-state index contributed by atoms with van der Waals surface area (Å²) in [7, 11) is 0. The summed E-state index contributed by atoms with van der Waals surface area (Å²) in [6.07, 6.45) is 0.829. The standard InChI is InChI=1S/C15H14ClF3N2/c16-13-8-11(17)3-2-10(13)7-12(21-20)5-9-1-4-14(18)15(19)6-9/h1-4,6,8,12,21H,5,7,20H2. The molecule has 0 aliphatic carbocycles. The Labute approximate surface area is 125 Å². The summed E-state index contributed by atoms with van der Waals surface area (Å²) < 4.78 is 39.1. The van der Waals surface area contributed by atoms with Crippen LogP contribution in [0.2, 0.25) is 5.02 Å². The highest BCUT2D eigenvalue weighted by Crippen LogP contribution is 2.20. The van der Waals surface area contributed by atoms with Gasteiger partial charge < -0.3 is 0 Å². The lowest BCUT2D eigenvalue weighted by molar-refractivity contribution is 0.498. The van der Waals surface area contributed by atoms with Gasteiger partial charge in [-0.15, -0.1) is 0 Å². The average Bonchev–Trinajstić information content (AvgIpc) is 2.44. The minimum atomic E-state index is -0.900. The van der Waals surface area contributed by atoms with E-state index in [0.29, 0.717) is 23.4 Å². The molecular weight excluding hydrogens is 301 g/mol. The number of hydrogen-bond acceptors (Lipinski definition) is 2. The molecule has 112 valence electrons. The van der Waals surface area contributed by atoms with Gasteiger partial charge in [-0.25, -0.2) is 13.2 Å². The fraction of sp³-hybridized carbons (Fsp3) is 0.200. The maximum atomic E-state index is 13.2. The highest BCUT2D eigenvalue weighted by atomic mass is 35.5. The Kier molecular flexibility index (Phi) is 5.22. The van der Waals surface area contributed by atoms with Crippen LogP contribution in [0.25, 0.3) is 0 Å². The second kappa shape index (κ2) is 6.93. The Morgan fingerprint density at radius 1 is 1.00 bits per heavy atom. The van der Waals surface area contributed by atoms with Crippen LogP contribution in [0.4, 0.5) is 13.2 Å². The zero-order valence-electron chi connectivity index (χ0n) is 11.0. The van der Waals surface area contributed by atoms with Crippen LogP contribution in [0.5, 0.6) is 0 Å². The molecule has 0 radical (unpaired) electrons. The SMILES string of the molecule is NNC(Cc1ccc(F)c(F)c1)Cc1ccc(F)cc1Cl. The molecule has 2 aromatic carbocycles. The van der Waals surface area contributed by atoms with Crippen molar-refractivity contribution in [1.82, 2.24) is 5.43 Å². The Hall–Kier alpha value is -1.56. The molecule has 6 heteroatoms. The van der Waals surface area contributed by atoms with Gasteiger partial charge >= 0.3 is 0 Å². The number of rotatable bonds is 5. The Balaban J connectivity index is 2.10. The topological polar surface area (TPSA) is 38.0 Å². The second-order valence-electron chi connectivity index (χ2n) is 4.76. The summed E-state index contributed by atoms with van der Waals surface area (Å²) in [6, 6.07) is 7.57. The van der Waals surface area contributed by atoms with Crippen LogP contribution in [-0.2, 0) is 12.8 Å². The van der Waals surface area contributed by atoms with E-state index in [-0.39, 0.29) is 6.04 Å². The number of nitrogens with one attached hydrogen (secondary N) is 1. The van der Waals surface area contributed by atoms with Crippen LogP contribution < -0.4 is 11.3 Å². The fourth-order valence-corrected chi connectivity index (χ4v) is 2.34. The molecule has 0 saturated heterocycles. The van der Waals surface area contributed by atoms with Gasteiger partial charge in [0.05, 0.1) is 0 Å². The predicted molar refractivity (Wildman–Crippen MR) is 76.3 cm³/mol. The van der Waals surface area contributed by atoms with Gasteiger partial charge in [-0.05, 0) is 48.2 Å². The molecule has 2 rings (SSSR count). The molecule has 0 amide bonds. The van der Waals surface area contributed by atoms with Crippen molar-refractivity contribution >= 4 is 11.6 Å². The van der Waals surface area contributed by atoms with E-state index in [1.807, 2.05) is 0 Å². The molecule has 1 atom stereocenters. The molecule has 0 saturated carbocycles. The highest BCUT2D eigenvalue weighted by Gasteiger charge is 2.13. The van der Waals surface area contributed by atoms with E-state index in [1.54, 1.807) is 6.07 Å². The Morgan fingerprint density at radius 3 is 2.38 bits per heavy atom. The van der Waals surface area contributed by atoms with E-state index in [4.69, 9.17) is 17.4 Å². The first-order valence-electron chi connectivity index (χ1n) is 6.33. The number of halogens is 4. The van der Waals surface area contributed by atoms with E-state index >= 15 is 0 Å². The van der Waals surface area contributed by atoms with Crippen molar-refractivity contribution in [3.63, 3.8) is 0 Å². The lowest BCUT2D eigenvalue weighted by Gasteiger charge is -2.17. The number of hydrogen-bond donors (Lipinski definition) is 2. The number of benzene rings is 2. The molecule has 1 unspecified atom stereocenters. The molecule has 2 nitrogen and oxygen atoms in total. The highest BCUT2D eigenvalue weighted by molar-refractivity contribution is 6.31. The van der Waals surface area contributed by atoms with Crippen LogP contribution in [0.1, 0.15) is 11.1 Å². The molecule has 0 aliphatic heterocycles. The third-order valence-corrected chi connectivity index (χ3v) is 3.54. The number of nitrogens with two attached hydrogens (primary N) is 1. The first-order valence-corrected chi connectivity index (χ1v) is 6.71. The summed E-state index contributed by atoms with van der Waals surface area (Å²) in [5.41, 5.74) is 3.94. The first kappa shape index (κ1) is 15.8. The fourth-order valence-electron chi connectivity index (χ4n) is 2.09. The maximum Gasteiger partial charge on any atom is 0.159 e. The summed E-state index contributed by atoms with van der Waals surface area (Å²) in [4.78, 5) is 0. The molecule has 21 heavy (non-hydrogen) atoms. The lowest BCUT2D eigenvalue weighted by atomic mass is 9.99. The van der Waals surface area contributed by atoms with Crippen LogP contribution in [0.15, 0.2) is 36.4 Å². The third kappa shape index (κ3) is 4.20. The first-order chi connectivity index (χ1) is 9.99. The summed E-state index contributed by atoms with van der Waals surface area (Å²) in [5.74, 6) is 3.28. The van der Waals surface area contributed by atoms with Gasteiger partial charge in [0.2, 0.25) is 0 Å². The molecule has 0 aliphatic rings. The Morgan fingerprint density at radius 2 is 1.76 bits per heavy atom. The summed E-state index contributed by atoms with van der Waals surface area (Å²) in [6.45, 7) is 0. The largest absolute Gasteiger partial charge is 0.271 e. The van der Waals surface area contributed by atoms with Gasteiger partial charge in [0, 0.05) is 11.1 Å². The van der Waals surface area contributed by atoms with Gasteiger partial charge in [0.25, 0.3) is 0 Å². The van der Waals surface area contributed by atoms with E-state index in [9.17, 15) is 13.2 Å². The zero-order valence-corrected chi connectivity index (χ0v) is 11.8. The molecule has 0 fully saturated rings. The van der Waals surface area contributed by atoms with Gasteiger partial charge in [0.1, 0.15) is 5.82 Å². The molecule has 0 bridgehead atoms. The predicted octanol–water partition coefficient (Wildman–Crippen LogP) is 3.37. The van der Waals surface area contributed by atoms with Crippen LogP contribution in [-0.4, -0.2) is 6.04 Å². The molecule has 2 aromatic rings. The van der Waals surface area contributed by atoms with Crippen molar-refractivity contribution < 1.29 is 13.2 Å².